The minimum Gasteiger partial charge on any atom is -0.399 e. The SMILES string of the molecule is Nc1cc(F)cc(C#CCBr)c1. The summed E-state index contributed by atoms with van der Waals surface area (Å²) in [5.41, 5.74) is 6.41. The second-order valence-corrected chi connectivity index (χ2v) is 2.77. The standard InChI is InChI=1S/C9H7BrFN/c10-3-1-2-7-4-8(11)6-9(12)5-7/h4-6H,3,12H2. The molecule has 0 unspecified atom stereocenters. The van der Waals surface area contributed by atoms with Crippen molar-refractivity contribution in [3.8, 4) is 11.8 Å². The number of nitrogen functional groups attached to an aromatic ring is 1. The summed E-state index contributed by atoms with van der Waals surface area (Å²) >= 11 is 3.15. The van der Waals surface area contributed by atoms with Crippen LogP contribution in [0.25, 0.3) is 0 Å². The van der Waals surface area contributed by atoms with Crippen molar-refractivity contribution in [1.82, 2.24) is 0 Å². The Hall–Kier alpha value is -1.01. The zero-order valence-electron chi connectivity index (χ0n) is 6.27. The molecule has 0 aromatic heterocycles. The number of halogens is 2. The molecule has 0 aliphatic rings. The first-order chi connectivity index (χ1) is 5.72. The quantitative estimate of drug-likeness (QED) is 0.411. The second-order valence-electron chi connectivity index (χ2n) is 2.21. The molecule has 0 aliphatic carbocycles. The molecule has 1 rings (SSSR count). The van der Waals surface area contributed by atoms with Crippen molar-refractivity contribution < 1.29 is 4.39 Å². The van der Waals surface area contributed by atoms with Crippen LogP contribution in [0.4, 0.5) is 10.1 Å². The number of alkyl halides is 1. The number of nitrogens with two attached hydrogens (primary N) is 1. The summed E-state index contributed by atoms with van der Waals surface area (Å²) < 4.78 is 12.7. The van der Waals surface area contributed by atoms with Crippen molar-refractivity contribution in [2.24, 2.45) is 0 Å². The molecule has 2 N–H and O–H groups in total. The van der Waals surface area contributed by atoms with Crippen LogP contribution < -0.4 is 5.73 Å². The highest BCUT2D eigenvalue weighted by Gasteiger charge is 1.94. The molecule has 0 amide bonds. The first-order valence-electron chi connectivity index (χ1n) is 3.33. The van der Waals surface area contributed by atoms with E-state index in [1.54, 1.807) is 6.07 Å². The van der Waals surface area contributed by atoms with Crippen molar-refractivity contribution in [2.75, 3.05) is 11.1 Å². The largest absolute Gasteiger partial charge is 0.399 e. The van der Waals surface area contributed by atoms with Crippen molar-refractivity contribution in [3.63, 3.8) is 0 Å². The summed E-state index contributed by atoms with van der Waals surface area (Å²) in [5.74, 6) is 5.17. The first kappa shape index (κ1) is 9.08. The van der Waals surface area contributed by atoms with Gasteiger partial charge in [0.15, 0.2) is 0 Å². The summed E-state index contributed by atoms with van der Waals surface area (Å²) in [7, 11) is 0. The number of anilines is 1. The van der Waals surface area contributed by atoms with Gasteiger partial charge in [-0.2, -0.15) is 0 Å². The van der Waals surface area contributed by atoms with Gasteiger partial charge < -0.3 is 5.73 Å². The van der Waals surface area contributed by atoms with Gasteiger partial charge in [-0.15, -0.1) is 0 Å². The molecule has 1 aromatic rings. The van der Waals surface area contributed by atoms with Crippen LogP contribution in [0.5, 0.6) is 0 Å². The summed E-state index contributed by atoms with van der Waals surface area (Å²) in [5, 5.41) is 0.573. The second kappa shape index (κ2) is 4.13. The summed E-state index contributed by atoms with van der Waals surface area (Å²) in [6.45, 7) is 0. The van der Waals surface area contributed by atoms with Gasteiger partial charge in [-0.1, -0.05) is 27.8 Å². The molecule has 0 bridgehead atoms. The fourth-order valence-electron chi connectivity index (χ4n) is 0.820. The molecule has 0 heterocycles. The van der Waals surface area contributed by atoms with Crippen LogP contribution in [-0.2, 0) is 0 Å². The number of hydrogen-bond donors (Lipinski definition) is 1. The van der Waals surface area contributed by atoms with Gasteiger partial charge >= 0.3 is 0 Å². The predicted octanol–water partition coefficient (Wildman–Crippen LogP) is 2.15. The third kappa shape index (κ3) is 2.55. The van der Waals surface area contributed by atoms with E-state index in [1.165, 1.54) is 12.1 Å². The Labute approximate surface area is 78.9 Å². The Morgan fingerprint density at radius 2 is 2.17 bits per heavy atom. The topological polar surface area (TPSA) is 26.0 Å². The fraction of sp³-hybridized carbons (Fsp3) is 0.111. The molecule has 0 aliphatic heterocycles. The van der Waals surface area contributed by atoms with E-state index in [0.717, 1.165) is 0 Å². The van der Waals surface area contributed by atoms with Gasteiger partial charge in [0.05, 0.1) is 5.33 Å². The number of benzene rings is 1. The molecule has 1 aromatic carbocycles. The van der Waals surface area contributed by atoms with Crippen molar-refractivity contribution in [2.45, 2.75) is 0 Å². The van der Waals surface area contributed by atoms with Crippen LogP contribution in [0.3, 0.4) is 0 Å². The fourth-order valence-corrected chi connectivity index (χ4v) is 0.960. The molecule has 12 heavy (non-hydrogen) atoms. The van der Waals surface area contributed by atoms with E-state index >= 15 is 0 Å². The summed E-state index contributed by atoms with van der Waals surface area (Å²) in [6.07, 6.45) is 0. The van der Waals surface area contributed by atoms with Crippen molar-refractivity contribution in [3.05, 3.63) is 29.6 Å². The lowest BCUT2D eigenvalue weighted by Crippen LogP contribution is -1.87. The van der Waals surface area contributed by atoms with E-state index in [-0.39, 0.29) is 5.82 Å². The Morgan fingerprint density at radius 1 is 1.42 bits per heavy atom. The maximum Gasteiger partial charge on any atom is 0.126 e. The molecule has 62 valence electrons. The first-order valence-corrected chi connectivity index (χ1v) is 4.45. The smallest absolute Gasteiger partial charge is 0.126 e. The van der Waals surface area contributed by atoms with E-state index in [9.17, 15) is 4.39 Å². The van der Waals surface area contributed by atoms with E-state index in [2.05, 4.69) is 27.8 Å². The van der Waals surface area contributed by atoms with E-state index in [1.807, 2.05) is 0 Å². The maximum absolute atomic E-state index is 12.7. The van der Waals surface area contributed by atoms with Gasteiger partial charge in [-0.05, 0) is 18.2 Å². The zero-order valence-corrected chi connectivity index (χ0v) is 7.86. The van der Waals surface area contributed by atoms with E-state index in [4.69, 9.17) is 5.73 Å². The Kier molecular flexibility index (Phi) is 3.12. The van der Waals surface area contributed by atoms with Gasteiger partial charge in [-0.25, -0.2) is 4.39 Å². The molecule has 1 nitrogen and oxygen atoms in total. The molecule has 0 fully saturated rings. The third-order valence-corrected chi connectivity index (χ3v) is 1.50. The maximum atomic E-state index is 12.7. The Balaban J connectivity index is 3.01. The molecular weight excluding hydrogens is 221 g/mol. The zero-order chi connectivity index (χ0) is 8.97. The number of hydrogen-bond acceptors (Lipinski definition) is 1. The average molecular weight is 228 g/mol. The molecule has 0 saturated carbocycles. The molecule has 0 atom stereocenters. The van der Waals surface area contributed by atoms with Crippen LogP contribution in [0.1, 0.15) is 5.56 Å². The van der Waals surface area contributed by atoms with Gasteiger partial charge in [0.2, 0.25) is 0 Å². The lowest BCUT2D eigenvalue weighted by atomic mass is 10.2. The van der Waals surface area contributed by atoms with Crippen LogP contribution in [0.15, 0.2) is 18.2 Å². The van der Waals surface area contributed by atoms with Gasteiger partial charge in [0.1, 0.15) is 5.82 Å². The highest BCUT2D eigenvalue weighted by Crippen LogP contribution is 2.09. The monoisotopic (exact) mass is 227 g/mol. The minimum absolute atomic E-state index is 0.353. The van der Waals surface area contributed by atoms with Crippen LogP contribution in [0.2, 0.25) is 0 Å². The Bertz CT molecular complexity index is 318. The Morgan fingerprint density at radius 3 is 2.75 bits per heavy atom. The minimum atomic E-state index is -0.353. The molecule has 0 spiro atoms. The van der Waals surface area contributed by atoms with Crippen molar-refractivity contribution in [1.29, 1.82) is 0 Å². The van der Waals surface area contributed by atoms with E-state index in [0.29, 0.717) is 16.6 Å². The van der Waals surface area contributed by atoms with Gasteiger partial charge in [0.25, 0.3) is 0 Å². The van der Waals surface area contributed by atoms with Crippen LogP contribution in [0, 0.1) is 17.7 Å². The lowest BCUT2D eigenvalue weighted by molar-refractivity contribution is 0.628. The van der Waals surface area contributed by atoms with E-state index < -0.39 is 0 Å². The van der Waals surface area contributed by atoms with Crippen molar-refractivity contribution >= 4 is 21.6 Å². The number of rotatable bonds is 0. The van der Waals surface area contributed by atoms with Gasteiger partial charge in [-0.3, -0.25) is 0 Å². The van der Waals surface area contributed by atoms with Crippen LogP contribution >= 0.6 is 15.9 Å². The predicted molar refractivity (Wildman–Crippen MR) is 51.5 cm³/mol. The third-order valence-electron chi connectivity index (χ3n) is 1.22. The highest BCUT2D eigenvalue weighted by atomic mass is 79.9. The van der Waals surface area contributed by atoms with Crippen LogP contribution in [-0.4, -0.2) is 5.33 Å². The summed E-state index contributed by atoms with van der Waals surface area (Å²) in [6, 6.07) is 4.25. The lowest BCUT2D eigenvalue weighted by Gasteiger charge is -1.94. The molecule has 0 radical (unpaired) electrons. The summed E-state index contributed by atoms with van der Waals surface area (Å²) in [4.78, 5) is 0. The molecule has 0 saturated heterocycles. The van der Waals surface area contributed by atoms with Gasteiger partial charge in [0, 0.05) is 11.3 Å². The normalized spacial score (nSPS) is 8.83. The average Bonchev–Trinajstić information content (AvgIpc) is 1.99. The molecular formula is C9H7BrFN. The molecule has 3 heteroatoms. The highest BCUT2D eigenvalue weighted by molar-refractivity contribution is 9.09.